The van der Waals surface area contributed by atoms with Crippen molar-refractivity contribution >= 4 is 135 Å². The highest BCUT2D eigenvalue weighted by molar-refractivity contribution is 6.96. The summed E-state index contributed by atoms with van der Waals surface area (Å²) in [6.07, 6.45) is 0. The number of aromatic nitrogens is 2. The summed E-state index contributed by atoms with van der Waals surface area (Å²) >= 11 is 0. The van der Waals surface area contributed by atoms with Crippen molar-refractivity contribution in [2.45, 2.75) is 0 Å². The Morgan fingerprint density at radius 1 is 0.393 bits per heavy atom. The summed E-state index contributed by atoms with van der Waals surface area (Å²) in [6, 6.07) is 63.5. The minimum Gasteiger partial charge on any atom is -0.456 e. The van der Waals surface area contributed by atoms with Crippen LogP contribution in [0.5, 0.6) is 0 Å². The highest BCUT2D eigenvalue weighted by atomic mass is 16.3. The second-order valence-corrected chi connectivity index (χ2v) is 17.5. The Bertz CT molecular complexity index is 4090. The zero-order valence-corrected chi connectivity index (χ0v) is 32.5. The summed E-state index contributed by atoms with van der Waals surface area (Å²) in [7, 11) is 0. The number of para-hydroxylation sites is 5. The van der Waals surface area contributed by atoms with Crippen molar-refractivity contribution in [3.63, 3.8) is 0 Å². The van der Waals surface area contributed by atoms with Crippen molar-refractivity contribution in [1.29, 1.82) is 0 Å². The molecule has 5 nitrogen and oxygen atoms in total. The lowest BCUT2D eigenvalue weighted by Crippen LogP contribution is -2.64. The van der Waals surface area contributed by atoms with Crippen LogP contribution in [-0.4, -0.2) is 22.7 Å². The van der Waals surface area contributed by atoms with E-state index in [4.69, 9.17) is 4.42 Å². The van der Waals surface area contributed by atoms with Gasteiger partial charge in [-0.2, -0.15) is 0 Å². The molecular formula is C54H28B2N4O. The van der Waals surface area contributed by atoms with E-state index in [1.54, 1.807) is 0 Å². The van der Waals surface area contributed by atoms with Crippen molar-refractivity contribution < 1.29 is 4.42 Å². The summed E-state index contributed by atoms with van der Waals surface area (Å²) in [5, 5.41) is 7.58. The summed E-state index contributed by atoms with van der Waals surface area (Å²) in [5.74, 6) is 0. The third-order valence-electron chi connectivity index (χ3n) is 14.9. The van der Waals surface area contributed by atoms with Crippen LogP contribution >= 0.6 is 0 Å². The van der Waals surface area contributed by atoms with Gasteiger partial charge in [-0.3, -0.25) is 0 Å². The molecule has 17 rings (SSSR count). The average Bonchev–Trinajstić information content (AvgIpc) is 3.98. The maximum Gasteiger partial charge on any atom is 0.333 e. The number of rotatable bonds is 2. The fraction of sp³-hybridized carbons (Fsp3) is 0. The van der Waals surface area contributed by atoms with Crippen LogP contribution in [0.15, 0.2) is 174 Å². The first-order valence-electron chi connectivity index (χ1n) is 21.3. The van der Waals surface area contributed by atoms with Gasteiger partial charge in [0.05, 0.1) is 11.1 Å². The number of anilines is 6. The van der Waals surface area contributed by atoms with E-state index in [1.807, 2.05) is 0 Å². The minimum absolute atomic E-state index is 0.0183. The molecule has 5 aliphatic rings. The Labute approximate surface area is 349 Å². The fourth-order valence-electron chi connectivity index (χ4n) is 12.9. The van der Waals surface area contributed by atoms with Crippen molar-refractivity contribution in [2.24, 2.45) is 0 Å². The van der Waals surface area contributed by atoms with E-state index in [2.05, 4.69) is 189 Å². The van der Waals surface area contributed by atoms with E-state index in [-0.39, 0.29) is 13.7 Å². The number of fused-ring (bicyclic) bond motifs is 12. The molecule has 12 aromatic rings. The lowest BCUT2D eigenvalue weighted by molar-refractivity contribution is 0.669. The topological polar surface area (TPSA) is 29.5 Å². The van der Waals surface area contributed by atoms with E-state index in [9.17, 15) is 0 Å². The zero-order valence-electron chi connectivity index (χ0n) is 32.5. The van der Waals surface area contributed by atoms with Crippen LogP contribution in [0.1, 0.15) is 0 Å². The summed E-state index contributed by atoms with van der Waals surface area (Å²) in [6.45, 7) is -0.0719. The second-order valence-electron chi connectivity index (χ2n) is 17.5. The van der Waals surface area contributed by atoms with Crippen LogP contribution in [0.3, 0.4) is 0 Å². The molecule has 0 N–H and O–H groups in total. The second kappa shape index (κ2) is 9.93. The van der Waals surface area contributed by atoms with Gasteiger partial charge in [-0.15, -0.1) is 0 Å². The van der Waals surface area contributed by atoms with Crippen molar-refractivity contribution in [1.82, 2.24) is 8.96 Å². The highest BCUT2D eigenvalue weighted by Gasteiger charge is 2.53. The standard InChI is InChI=1S/C54H28B2N4O/c1-3-13-29(14-4-1)57-40-23-12-19-32-33-20-11-21-34-37-27-36-31-17-7-9-22-39(31)59-52(36)47-46-49-42(28-41(57)50(46)56(48(32)40)60(51(33)34)53(37)47)58(30-15-5-2-6-16-30)54-38(55(49)59)25-26-44-45(54)35-18-8-10-24-43(35)61-44/h1-28H. The van der Waals surface area contributed by atoms with Gasteiger partial charge < -0.3 is 23.2 Å². The van der Waals surface area contributed by atoms with E-state index < -0.39 is 0 Å². The Balaban J connectivity index is 1.18. The summed E-state index contributed by atoms with van der Waals surface area (Å²) < 4.78 is 12.2. The number of hydrogen-bond acceptors (Lipinski definition) is 3. The van der Waals surface area contributed by atoms with E-state index in [1.165, 1.54) is 110 Å². The highest BCUT2D eigenvalue weighted by Crippen LogP contribution is 2.56. The third-order valence-corrected chi connectivity index (χ3v) is 14.9. The molecule has 9 aromatic carbocycles. The first-order valence-corrected chi connectivity index (χ1v) is 21.3. The normalized spacial score (nSPS) is 14.4. The molecule has 8 heterocycles. The molecule has 276 valence electrons. The molecule has 0 radical (unpaired) electrons. The van der Waals surface area contributed by atoms with Crippen LogP contribution in [0.2, 0.25) is 0 Å². The first kappa shape index (κ1) is 30.2. The monoisotopic (exact) mass is 770 g/mol. The molecule has 3 aromatic heterocycles. The predicted octanol–water partition coefficient (Wildman–Crippen LogP) is 11.0. The zero-order chi connectivity index (χ0) is 39.0. The van der Waals surface area contributed by atoms with Gasteiger partial charge in [0.1, 0.15) is 11.2 Å². The fourth-order valence-corrected chi connectivity index (χ4v) is 12.9. The molecule has 0 saturated carbocycles. The van der Waals surface area contributed by atoms with Crippen LogP contribution in [0.4, 0.5) is 34.1 Å². The molecule has 0 saturated heterocycles. The van der Waals surface area contributed by atoms with Gasteiger partial charge >= 0.3 is 13.7 Å². The van der Waals surface area contributed by atoms with Crippen molar-refractivity contribution in [3.05, 3.63) is 170 Å². The van der Waals surface area contributed by atoms with Gasteiger partial charge in [0, 0.05) is 88.6 Å². The van der Waals surface area contributed by atoms with Gasteiger partial charge in [-0.05, 0) is 93.6 Å². The number of benzene rings is 9. The molecule has 0 amide bonds. The quantitative estimate of drug-likeness (QED) is 0.164. The maximum atomic E-state index is 6.71. The van der Waals surface area contributed by atoms with Crippen molar-refractivity contribution in [3.8, 4) is 22.3 Å². The predicted molar refractivity (Wildman–Crippen MR) is 254 cm³/mol. The molecule has 0 spiro atoms. The molecule has 5 aliphatic heterocycles. The maximum absolute atomic E-state index is 6.71. The Kier molecular flexibility index (Phi) is 4.91. The van der Waals surface area contributed by atoms with Crippen LogP contribution < -0.4 is 31.7 Å². The van der Waals surface area contributed by atoms with Gasteiger partial charge in [0.25, 0.3) is 0 Å². The third kappa shape index (κ3) is 3.17. The molecular weight excluding hydrogens is 742 g/mol. The average molecular weight is 770 g/mol. The SMILES string of the molecule is c1ccc(N2c3cccc4c3B3c5c2cc2c6c5-c5c7c(cc8c9cccc-4c9n3c58)c3ccccc3n7B6c3ccc4oc5ccccc5c4c3N2c2ccccc2)cc1. The minimum atomic E-state index is -0.0902. The van der Waals surface area contributed by atoms with Crippen LogP contribution in [-0.2, 0) is 0 Å². The Morgan fingerprint density at radius 2 is 1.07 bits per heavy atom. The summed E-state index contributed by atoms with van der Waals surface area (Å²) in [4.78, 5) is 5.15. The van der Waals surface area contributed by atoms with Crippen LogP contribution in [0.25, 0.3) is 87.8 Å². The van der Waals surface area contributed by atoms with E-state index in [0.717, 1.165) is 33.3 Å². The lowest BCUT2D eigenvalue weighted by atomic mass is 9.38. The molecule has 7 heteroatoms. The molecule has 0 fully saturated rings. The lowest BCUT2D eigenvalue weighted by Gasteiger charge is -2.48. The van der Waals surface area contributed by atoms with Gasteiger partial charge in [-0.1, -0.05) is 109 Å². The van der Waals surface area contributed by atoms with E-state index >= 15 is 0 Å². The smallest absolute Gasteiger partial charge is 0.333 e. The number of hydrogen-bond donors (Lipinski definition) is 0. The molecule has 61 heavy (non-hydrogen) atoms. The Morgan fingerprint density at radius 3 is 1.93 bits per heavy atom. The molecule has 0 bridgehead atoms. The largest absolute Gasteiger partial charge is 0.456 e. The molecule has 0 atom stereocenters. The molecule has 0 aliphatic carbocycles. The Hall–Kier alpha value is -7.89. The van der Waals surface area contributed by atoms with Gasteiger partial charge in [-0.25, -0.2) is 0 Å². The van der Waals surface area contributed by atoms with Crippen molar-refractivity contribution in [2.75, 3.05) is 9.80 Å². The van der Waals surface area contributed by atoms with Gasteiger partial charge in [0.15, 0.2) is 0 Å². The number of furan rings is 1. The summed E-state index contributed by atoms with van der Waals surface area (Å²) in [5.41, 5.74) is 25.2. The first-order chi connectivity index (χ1) is 30.3. The molecule has 0 unspecified atom stereocenters. The van der Waals surface area contributed by atoms with E-state index in [0.29, 0.717) is 0 Å². The number of nitrogens with zero attached hydrogens (tertiary/aromatic N) is 4. The van der Waals surface area contributed by atoms with Crippen LogP contribution in [0, 0.1) is 0 Å². The van der Waals surface area contributed by atoms with Gasteiger partial charge in [0.2, 0.25) is 0 Å².